The largest absolute Gasteiger partial charge is 0.503 e. The van der Waals surface area contributed by atoms with Crippen LogP contribution in [0.5, 0.6) is 11.5 Å². The van der Waals surface area contributed by atoms with Crippen molar-refractivity contribution in [2.75, 3.05) is 6.61 Å². The maximum Gasteiger partial charge on any atom is 0.262 e. The van der Waals surface area contributed by atoms with E-state index in [0.29, 0.717) is 17.7 Å². The molecule has 0 heterocycles. The van der Waals surface area contributed by atoms with Gasteiger partial charge in [0.25, 0.3) is 11.8 Å². The third-order valence-electron chi connectivity index (χ3n) is 4.01. The summed E-state index contributed by atoms with van der Waals surface area (Å²) in [4.78, 5) is 24.8. The molecule has 0 aromatic heterocycles. The maximum absolute atomic E-state index is 12.5. The minimum atomic E-state index is -0.762. The topological polar surface area (TPSA) is 100 Å². The molecule has 0 radical (unpaired) electrons. The van der Waals surface area contributed by atoms with Crippen molar-refractivity contribution in [1.29, 1.82) is 0 Å². The van der Waals surface area contributed by atoms with Gasteiger partial charge in [0, 0.05) is 5.56 Å². The summed E-state index contributed by atoms with van der Waals surface area (Å²) in [5.41, 5.74) is 3.43. The number of hydrogen-bond donors (Lipinski definition) is 3. The van der Waals surface area contributed by atoms with Crippen molar-refractivity contribution >= 4 is 29.6 Å². The lowest BCUT2D eigenvalue weighted by atomic mass is 10.0. The number of ether oxygens (including phenoxy) is 1. The molecule has 2 rings (SSSR count). The van der Waals surface area contributed by atoms with Crippen LogP contribution in [0.4, 0.5) is 0 Å². The zero-order valence-corrected chi connectivity index (χ0v) is 17.2. The van der Waals surface area contributed by atoms with Crippen LogP contribution in [0.25, 0.3) is 0 Å². The number of rotatable bonds is 8. The van der Waals surface area contributed by atoms with Crippen molar-refractivity contribution in [3.63, 3.8) is 0 Å². The van der Waals surface area contributed by atoms with E-state index in [9.17, 15) is 14.7 Å². The molecule has 0 aliphatic heterocycles. The number of benzene rings is 2. The van der Waals surface area contributed by atoms with Crippen molar-refractivity contribution < 1.29 is 19.4 Å². The van der Waals surface area contributed by atoms with Crippen LogP contribution in [0.1, 0.15) is 36.7 Å². The molecule has 8 heteroatoms. The maximum atomic E-state index is 12.5. The Morgan fingerprint density at radius 1 is 1.24 bits per heavy atom. The second kappa shape index (κ2) is 10.5. The number of hydrazone groups is 1. The van der Waals surface area contributed by atoms with Crippen LogP contribution in [-0.4, -0.2) is 35.8 Å². The summed E-state index contributed by atoms with van der Waals surface area (Å²) >= 11 is 5.98. The van der Waals surface area contributed by atoms with Gasteiger partial charge in [0.05, 0.1) is 17.8 Å². The lowest BCUT2D eigenvalue weighted by molar-refractivity contribution is -0.123. The number of amides is 2. The predicted molar refractivity (Wildman–Crippen MR) is 113 cm³/mol. The normalized spacial score (nSPS) is 12.0. The Kier molecular flexibility index (Phi) is 8.03. The molecule has 2 aromatic rings. The lowest BCUT2D eigenvalue weighted by Crippen LogP contribution is -2.48. The first-order valence-corrected chi connectivity index (χ1v) is 9.55. The van der Waals surface area contributed by atoms with Crippen LogP contribution >= 0.6 is 11.6 Å². The van der Waals surface area contributed by atoms with E-state index < -0.39 is 11.9 Å². The van der Waals surface area contributed by atoms with Crippen LogP contribution in [0.15, 0.2) is 47.6 Å². The van der Waals surface area contributed by atoms with Gasteiger partial charge in [-0.05, 0) is 42.7 Å². The van der Waals surface area contributed by atoms with Gasteiger partial charge in [-0.15, -0.1) is 0 Å². The van der Waals surface area contributed by atoms with Gasteiger partial charge < -0.3 is 15.2 Å². The zero-order chi connectivity index (χ0) is 21.4. The molecule has 0 fully saturated rings. The number of phenolic OH excluding ortho intramolecular Hbond substituents is 1. The lowest BCUT2D eigenvalue weighted by Gasteiger charge is -2.20. The van der Waals surface area contributed by atoms with Gasteiger partial charge in [0.2, 0.25) is 0 Å². The molecule has 0 spiro atoms. The highest BCUT2D eigenvalue weighted by Gasteiger charge is 2.24. The number of aromatic hydroxyl groups is 1. The minimum Gasteiger partial charge on any atom is -0.503 e. The van der Waals surface area contributed by atoms with E-state index in [1.165, 1.54) is 12.3 Å². The number of carbonyl (C=O) groups excluding carboxylic acids is 2. The molecule has 0 bridgehead atoms. The average molecular weight is 418 g/mol. The van der Waals surface area contributed by atoms with Crippen molar-refractivity contribution in [3.8, 4) is 11.5 Å². The van der Waals surface area contributed by atoms with E-state index in [2.05, 4.69) is 15.8 Å². The zero-order valence-electron chi connectivity index (χ0n) is 16.5. The first-order valence-electron chi connectivity index (χ1n) is 9.17. The molecule has 2 amide bonds. The van der Waals surface area contributed by atoms with Gasteiger partial charge in [-0.25, -0.2) is 5.43 Å². The Hall–Kier alpha value is -3.06. The Balaban J connectivity index is 2.06. The number of halogens is 1. The van der Waals surface area contributed by atoms with Gasteiger partial charge >= 0.3 is 0 Å². The van der Waals surface area contributed by atoms with Crippen molar-refractivity contribution in [2.24, 2.45) is 11.0 Å². The summed E-state index contributed by atoms with van der Waals surface area (Å²) in [7, 11) is 0. The van der Waals surface area contributed by atoms with E-state index in [1.54, 1.807) is 37.3 Å². The van der Waals surface area contributed by atoms with Crippen LogP contribution in [-0.2, 0) is 4.79 Å². The van der Waals surface area contributed by atoms with Crippen molar-refractivity contribution in [3.05, 3.63) is 58.6 Å². The van der Waals surface area contributed by atoms with E-state index in [-0.39, 0.29) is 28.3 Å². The molecule has 1 atom stereocenters. The molecule has 0 aliphatic rings. The van der Waals surface area contributed by atoms with E-state index >= 15 is 0 Å². The number of carbonyl (C=O) groups is 2. The van der Waals surface area contributed by atoms with E-state index in [0.717, 1.165) is 0 Å². The highest BCUT2D eigenvalue weighted by atomic mass is 35.5. The second-order valence-corrected chi connectivity index (χ2v) is 6.99. The predicted octanol–water partition coefficient (Wildman–Crippen LogP) is 3.35. The molecule has 0 aliphatic carbocycles. The Morgan fingerprint density at radius 2 is 1.93 bits per heavy atom. The summed E-state index contributed by atoms with van der Waals surface area (Å²) in [6.07, 6.45) is 1.38. The second-order valence-electron chi connectivity index (χ2n) is 6.58. The standard InChI is InChI=1S/C21H24ClN3O4/c1-4-29-17-11-14(10-16(22)19(17)26)12-23-25-21(28)18(13(2)3)24-20(27)15-8-6-5-7-9-15/h5-13,18,26H,4H2,1-3H3,(H,24,27)(H,25,28). The summed E-state index contributed by atoms with van der Waals surface area (Å²) in [5.74, 6) is -0.864. The monoisotopic (exact) mass is 417 g/mol. The highest BCUT2D eigenvalue weighted by molar-refractivity contribution is 6.32. The smallest absolute Gasteiger partial charge is 0.262 e. The van der Waals surface area contributed by atoms with Gasteiger partial charge in [-0.2, -0.15) is 5.10 Å². The van der Waals surface area contributed by atoms with Gasteiger partial charge in [0.1, 0.15) is 6.04 Å². The van der Waals surface area contributed by atoms with Crippen LogP contribution in [0.2, 0.25) is 5.02 Å². The minimum absolute atomic E-state index is 0.110. The summed E-state index contributed by atoms with van der Waals surface area (Å²) < 4.78 is 5.31. The van der Waals surface area contributed by atoms with Gasteiger partial charge in [0.15, 0.2) is 11.5 Å². The number of hydrogen-bond acceptors (Lipinski definition) is 5. The molecule has 2 aromatic carbocycles. The van der Waals surface area contributed by atoms with Crippen molar-refractivity contribution in [2.45, 2.75) is 26.8 Å². The van der Waals surface area contributed by atoms with Crippen LogP contribution in [0.3, 0.4) is 0 Å². The molecule has 0 saturated heterocycles. The SMILES string of the molecule is CCOc1cc(C=NNC(=O)C(NC(=O)c2ccccc2)C(C)C)cc(Cl)c1O. The molecule has 29 heavy (non-hydrogen) atoms. The summed E-state index contributed by atoms with van der Waals surface area (Å²) in [6.45, 7) is 5.79. The first kappa shape index (κ1) is 22.2. The van der Waals surface area contributed by atoms with Crippen LogP contribution < -0.4 is 15.5 Å². The number of phenols is 1. The average Bonchev–Trinajstić information content (AvgIpc) is 2.70. The van der Waals surface area contributed by atoms with Crippen LogP contribution in [0, 0.1) is 5.92 Å². The summed E-state index contributed by atoms with van der Waals surface area (Å²) in [6, 6.07) is 10.9. The fourth-order valence-corrected chi connectivity index (χ4v) is 2.74. The summed E-state index contributed by atoms with van der Waals surface area (Å²) in [5, 5.41) is 16.6. The number of nitrogens with zero attached hydrogens (tertiary/aromatic N) is 1. The molecule has 154 valence electrons. The molecule has 3 N–H and O–H groups in total. The van der Waals surface area contributed by atoms with E-state index in [4.69, 9.17) is 16.3 Å². The third-order valence-corrected chi connectivity index (χ3v) is 4.30. The van der Waals surface area contributed by atoms with Gasteiger partial charge in [-0.3, -0.25) is 9.59 Å². The molecule has 7 nitrogen and oxygen atoms in total. The fraction of sp³-hybridized carbons (Fsp3) is 0.286. The van der Waals surface area contributed by atoms with Crippen molar-refractivity contribution in [1.82, 2.24) is 10.7 Å². The quantitative estimate of drug-likeness (QED) is 0.453. The van der Waals surface area contributed by atoms with Gasteiger partial charge in [-0.1, -0.05) is 43.6 Å². The van der Waals surface area contributed by atoms with E-state index in [1.807, 2.05) is 19.9 Å². The Labute approximate surface area is 174 Å². The molecule has 0 saturated carbocycles. The third kappa shape index (κ3) is 6.22. The Bertz CT molecular complexity index is 885. The highest BCUT2D eigenvalue weighted by Crippen LogP contribution is 2.34. The fourth-order valence-electron chi connectivity index (χ4n) is 2.52. The number of nitrogens with one attached hydrogen (secondary N) is 2. The molecule has 1 unspecified atom stereocenters. The Morgan fingerprint density at radius 3 is 2.55 bits per heavy atom. The molecular weight excluding hydrogens is 394 g/mol. The molecular formula is C21H24ClN3O4. The first-order chi connectivity index (χ1) is 13.8.